The number of ether oxygens (including phenoxy) is 1. The SMILES string of the molecule is CCCCC(C(=O)COC(=O)c1c(C)cccc1C)n1cc([C@@](C)(NCc2ccc3ncccc3c2)C(C)C)nn1. The third-order valence-electron chi connectivity index (χ3n) is 8.08. The lowest BCUT2D eigenvalue weighted by atomic mass is 9.85. The van der Waals surface area contributed by atoms with Crippen LogP contribution in [0, 0.1) is 19.8 Å². The van der Waals surface area contributed by atoms with Gasteiger partial charge in [-0.1, -0.05) is 69.2 Å². The van der Waals surface area contributed by atoms with Crippen LogP contribution in [-0.2, 0) is 21.6 Å². The molecule has 0 aliphatic carbocycles. The number of hydrogen-bond acceptors (Lipinski definition) is 7. The molecule has 0 amide bonds. The van der Waals surface area contributed by atoms with Crippen molar-refractivity contribution in [1.29, 1.82) is 0 Å². The summed E-state index contributed by atoms with van der Waals surface area (Å²) in [4.78, 5) is 30.6. The van der Waals surface area contributed by atoms with Crippen molar-refractivity contribution in [1.82, 2.24) is 25.3 Å². The molecule has 1 N–H and O–H groups in total. The van der Waals surface area contributed by atoms with Crippen LogP contribution in [0.5, 0.6) is 0 Å². The summed E-state index contributed by atoms with van der Waals surface area (Å²) in [7, 11) is 0. The van der Waals surface area contributed by atoms with E-state index in [0.717, 1.165) is 46.1 Å². The van der Waals surface area contributed by atoms with Gasteiger partial charge in [0.1, 0.15) is 11.7 Å². The molecule has 0 aliphatic rings. The minimum Gasteiger partial charge on any atom is -0.454 e. The van der Waals surface area contributed by atoms with Crippen molar-refractivity contribution in [2.24, 2.45) is 5.92 Å². The molecule has 4 aromatic rings. The lowest BCUT2D eigenvalue weighted by molar-refractivity contribution is -0.126. The number of aryl methyl sites for hydroxylation is 2. The zero-order valence-electron chi connectivity index (χ0n) is 25.0. The van der Waals surface area contributed by atoms with Gasteiger partial charge in [-0.15, -0.1) is 5.10 Å². The average Bonchev–Trinajstić information content (AvgIpc) is 3.45. The summed E-state index contributed by atoms with van der Waals surface area (Å²) in [6.07, 6.45) is 6.03. The van der Waals surface area contributed by atoms with Crippen molar-refractivity contribution in [3.8, 4) is 0 Å². The molecule has 4 rings (SSSR count). The summed E-state index contributed by atoms with van der Waals surface area (Å²) in [5, 5.41) is 13.7. The number of unbranched alkanes of at least 4 members (excludes halogenated alkanes) is 1. The minimum absolute atomic E-state index is 0.192. The Morgan fingerprint density at radius 2 is 1.83 bits per heavy atom. The number of benzene rings is 2. The topological polar surface area (TPSA) is 99.0 Å². The van der Waals surface area contributed by atoms with Crippen LogP contribution in [-0.4, -0.2) is 38.3 Å². The zero-order chi connectivity index (χ0) is 29.6. The molecular formula is C33H41N5O3. The maximum absolute atomic E-state index is 13.4. The van der Waals surface area contributed by atoms with Crippen LogP contribution in [0.15, 0.2) is 60.9 Å². The number of nitrogens with one attached hydrogen (secondary N) is 1. The smallest absolute Gasteiger partial charge is 0.339 e. The first-order valence-electron chi connectivity index (χ1n) is 14.4. The highest BCUT2D eigenvalue weighted by molar-refractivity contribution is 5.94. The maximum Gasteiger partial charge on any atom is 0.339 e. The molecule has 0 spiro atoms. The molecule has 2 heterocycles. The quantitative estimate of drug-likeness (QED) is 0.194. The largest absolute Gasteiger partial charge is 0.454 e. The van der Waals surface area contributed by atoms with E-state index in [1.54, 1.807) is 10.9 Å². The second-order valence-corrected chi connectivity index (χ2v) is 11.3. The summed E-state index contributed by atoms with van der Waals surface area (Å²) < 4.78 is 7.14. The van der Waals surface area contributed by atoms with E-state index in [0.29, 0.717) is 18.5 Å². The van der Waals surface area contributed by atoms with Gasteiger partial charge in [0.25, 0.3) is 0 Å². The average molecular weight is 556 g/mol. The van der Waals surface area contributed by atoms with E-state index in [9.17, 15) is 9.59 Å². The highest BCUT2D eigenvalue weighted by Crippen LogP contribution is 2.29. The van der Waals surface area contributed by atoms with Crippen molar-refractivity contribution in [3.63, 3.8) is 0 Å². The summed E-state index contributed by atoms with van der Waals surface area (Å²) in [5.41, 5.74) is 4.54. The third kappa shape index (κ3) is 6.88. The van der Waals surface area contributed by atoms with Gasteiger partial charge >= 0.3 is 5.97 Å². The van der Waals surface area contributed by atoms with Gasteiger partial charge in [0.15, 0.2) is 12.4 Å². The van der Waals surface area contributed by atoms with Crippen LogP contribution in [0.4, 0.5) is 0 Å². The first kappa shape index (κ1) is 30.1. The van der Waals surface area contributed by atoms with Gasteiger partial charge in [-0.05, 0) is 68.0 Å². The second-order valence-electron chi connectivity index (χ2n) is 11.3. The zero-order valence-corrected chi connectivity index (χ0v) is 25.0. The predicted octanol–water partition coefficient (Wildman–Crippen LogP) is 6.26. The van der Waals surface area contributed by atoms with Gasteiger partial charge in [-0.2, -0.15) is 0 Å². The van der Waals surface area contributed by atoms with Crippen molar-refractivity contribution >= 4 is 22.7 Å². The molecule has 0 fully saturated rings. The number of ketones is 1. The van der Waals surface area contributed by atoms with Crippen molar-refractivity contribution in [3.05, 3.63) is 88.9 Å². The first-order valence-corrected chi connectivity index (χ1v) is 14.4. The molecule has 0 saturated heterocycles. The van der Waals surface area contributed by atoms with Crippen LogP contribution in [0.3, 0.4) is 0 Å². The molecule has 0 bridgehead atoms. The number of pyridine rings is 1. The Labute approximate surface area is 242 Å². The fourth-order valence-corrected chi connectivity index (χ4v) is 5.06. The van der Waals surface area contributed by atoms with Gasteiger partial charge < -0.3 is 10.1 Å². The summed E-state index contributed by atoms with van der Waals surface area (Å²) in [6.45, 7) is 12.5. The molecular weight excluding hydrogens is 514 g/mol. The summed E-state index contributed by atoms with van der Waals surface area (Å²) >= 11 is 0. The lowest BCUT2D eigenvalue weighted by Gasteiger charge is -2.33. The fourth-order valence-electron chi connectivity index (χ4n) is 5.06. The van der Waals surface area contributed by atoms with E-state index in [-0.39, 0.29) is 18.3 Å². The van der Waals surface area contributed by atoms with Crippen molar-refractivity contribution in [2.45, 2.75) is 78.9 Å². The molecule has 0 saturated carbocycles. The number of aromatic nitrogens is 4. The minimum atomic E-state index is -0.564. The molecule has 41 heavy (non-hydrogen) atoms. The number of Topliss-reactive ketones (excluding diaryl/α,β-unsaturated/α-hetero) is 1. The maximum atomic E-state index is 13.4. The number of esters is 1. The predicted molar refractivity (Wildman–Crippen MR) is 161 cm³/mol. The Hall–Kier alpha value is -3.91. The molecule has 1 unspecified atom stereocenters. The Morgan fingerprint density at radius 1 is 1.07 bits per heavy atom. The molecule has 2 aromatic carbocycles. The molecule has 216 valence electrons. The summed E-state index contributed by atoms with van der Waals surface area (Å²) in [6, 6.07) is 15.3. The number of rotatable bonds is 13. The van der Waals surface area contributed by atoms with Gasteiger partial charge in [-0.25, -0.2) is 9.48 Å². The van der Waals surface area contributed by atoms with Crippen LogP contribution < -0.4 is 5.32 Å². The number of fused-ring (bicyclic) bond motifs is 1. The highest BCUT2D eigenvalue weighted by atomic mass is 16.5. The Kier molecular flexibility index (Phi) is 9.65. The standard InChI is InChI=1S/C33H41N5O3/c1-7-8-14-28(29(39)21-41-32(40)31-23(4)11-9-12-24(31)5)38-20-30(36-37-38)33(6,22(2)3)35-19-25-15-16-27-26(18-25)13-10-17-34-27/h9-13,15-18,20,22,28,35H,7-8,14,19,21H2,1-6H3/t28?,33-/m0/s1. The lowest BCUT2D eigenvalue weighted by Crippen LogP contribution is -2.44. The number of carbonyl (C=O) groups is 2. The normalized spacial score (nSPS) is 13.7. The van der Waals surface area contributed by atoms with E-state index >= 15 is 0 Å². The molecule has 2 aromatic heterocycles. The van der Waals surface area contributed by atoms with E-state index in [4.69, 9.17) is 4.74 Å². The van der Waals surface area contributed by atoms with Crippen LogP contribution in [0.2, 0.25) is 0 Å². The Morgan fingerprint density at radius 3 is 2.54 bits per heavy atom. The van der Waals surface area contributed by atoms with Crippen LogP contribution in [0.25, 0.3) is 10.9 Å². The molecule has 8 heteroatoms. The van der Waals surface area contributed by atoms with E-state index in [2.05, 4.69) is 66.5 Å². The van der Waals surface area contributed by atoms with Crippen LogP contribution >= 0.6 is 0 Å². The van der Waals surface area contributed by atoms with E-state index < -0.39 is 17.6 Å². The second kappa shape index (κ2) is 13.2. The first-order chi connectivity index (χ1) is 19.6. The Balaban J connectivity index is 1.50. The van der Waals surface area contributed by atoms with Crippen molar-refractivity contribution in [2.75, 3.05) is 6.61 Å². The highest BCUT2D eigenvalue weighted by Gasteiger charge is 2.34. The van der Waals surface area contributed by atoms with Crippen LogP contribution in [0.1, 0.15) is 85.7 Å². The third-order valence-corrected chi connectivity index (χ3v) is 8.08. The molecule has 2 atom stereocenters. The molecule has 8 nitrogen and oxygen atoms in total. The summed E-state index contributed by atoms with van der Waals surface area (Å²) in [5.74, 6) is -0.486. The molecule has 0 radical (unpaired) electrons. The number of carbonyl (C=O) groups excluding carboxylic acids is 2. The number of hydrogen-bond donors (Lipinski definition) is 1. The van der Waals surface area contributed by atoms with E-state index in [1.165, 1.54) is 0 Å². The van der Waals surface area contributed by atoms with Gasteiger partial charge in [0, 0.05) is 18.1 Å². The Bertz CT molecular complexity index is 1490. The fraction of sp³-hybridized carbons (Fsp3) is 0.424. The van der Waals surface area contributed by atoms with E-state index in [1.807, 2.05) is 50.4 Å². The van der Waals surface area contributed by atoms with Gasteiger partial charge in [0.2, 0.25) is 0 Å². The van der Waals surface area contributed by atoms with Gasteiger partial charge in [-0.3, -0.25) is 9.78 Å². The van der Waals surface area contributed by atoms with Gasteiger partial charge in [0.05, 0.1) is 22.8 Å². The van der Waals surface area contributed by atoms with Crippen molar-refractivity contribution < 1.29 is 14.3 Å². The molecule has 0 aliphatic heterocycles. The monoisotopic (exact) mass is 555 g/mol. The number of nitrogens with zero attached hydrogens (tertiary/aromatic N) is 4.